The first kappa shape index (κ1) is 13.8. The summed E-state index contributed by atoms with van der Waals surface area (Å²) in [4.78, 5) is 11.0. The van der Waals surface area contributed by atoms with Crippen LogP contribution in [0.4, 0.5) is 18.9 Å². The van der Waals surface area contributed by atoms with Gasteiger partial charge >= 0.3 is 6.18 Å². The van der Waals surface area contributed by atoms with Crippen LogP contribution in [0.2, 0.25) is 5.02 Å². The molecule has 0 saturated heterocycles. The topological polar surface area (TPSA) is 67.0 Å². The van der Waals surface area contributed by atoms with Gasteiger partial charge in [0.1, 0.15) is 11.6 Å². The van der Waals surface area contributed by atoms with Crippen LogP contribution in [0, 0.1) is 0 Å². The molecule has 0 amide bonds. The third-order valence-electron chi connectivity index (χ3n) is 1.62. The van der Waals surface area contributed by atoms with E-state index in [0.29, 0.717) is 0 Å². The molecule has 0 aliphatic heterocycles. The Labute approximate surface area is 98.9 Å². The molecule has 1 heterocycles. The third-order valence-corrected chi connectivity index (χ3v) is 2.00. The van der Waals surface area contributed by atoms with Crippen molar-refractivity contribution in [3.05, 3.63) is 21.6 Å². The van der Waals surface area contributed by atoms with Crippen molar-refractivity contribution in [3.8, 4) is 0 Å². The first-order chi connectivity index (χ1) is 7.90. The van der Waals surface area contributed by atoms with E-state index in [4.69, 9.17) is 11.6 Å². The van der Waals surface area contributed by atoms with Gasteiger partial charge in [0.2, 0.25) is 0 Å². The lowest BCUT2D eigenvalue weighted by Gasteiger charge is -2.09. The van der Waals surface area contributed by atoms with Crippen LogP contribution in [0.3, 0.4) is 0 Å². The molecule has 17 heavy (non-hydrogen) atoms. The Morgan fingerprint density at radius 3 is 2.88 bits per heavy atom. The number of nitrogens with zero attached hydrogens (tertiary/aromatic N) is 1. The predicted molar refractivity (Wildman–Crippen MR) is 55.2 cm³/mol. The molecule has 0 spiro atoms. The van der Waals surface area contributed by atoms with Crippen LogP contribution in [0.15, 0.2) is 11.0 Å². The molecule has 1 aromatic rings. The number of aromatic amines is 1. The molecule has 96 valence electrons. The van der Waals surface area contributed by atoms with Crippen LogP contribution in [0.1, 0.15) is 0 Å². The Balaban J connectivity index is 2.32. The van der Waals surface area contributed by atoms with Crippen molar-refractivity contribution in [3.63, 3.8) is 0 Å². The molecule has 0 unspecified atom stereocenters. The maximum atomic E-state index is 11.7. The summed E-state index contributed by atoms with van der Waals surface area (Å²) < 4.78 is 39.5. The van der Waals surface area contributed by atoms with Gasteiger partial charge in [-0.15, -0.1) is 0 Å². The zero-order valence-corrected chi connectivity index (χ0v) is 9.23. The molecule has 0 aliphatic rings. The van der Waals surface area contributed by atoms with Crippen molar-refractivity contribution < 1.29 is 17.9 Å². The van der Waals surface area contributed by atoms with Gasteiger partial charge < -0.3 is 10.1 Å². The predicted octanol–water partition coefficient (Wildman–Crippen LogP) is 1.41. The van der Waals surface area contributed by atoms with Crippen molar-refractivity contribution in [2.45, 2.75) is 6.18 Å². The number of H-pyrrole nitrogens is 1. The van der Waals surface area contributed by atoms with Crippen LogP contribution in [0.5, 0.6) is 0 Å². The van der Waals surface area contributed by atoms with E-state index in [0.717, 1.165) is 0 Å². The van der Waals surface area contributed by atoms with Crippen molar-refractivity contribution in [1.29, 1.82) is 0 Å². The first-order valence-corrected chi connectivity index (χ1v) is 4.89. The molecular weight excluding hydrogens is 263 g/mol. The average Bonchev–Trinajstić information content (AvgIpc) is 2.22. The highest BCUT2D eigenvalue weighted by molar-refractivity contribution is 6.32. The van der Waals surface area contributed by atoms with E-state index in [-0.39, 0.29) is 23.9 Å². The van der Waals surface area contributed by atoms with Crippen LogP contribution >= 0.6 is 11.6 Å². The summed E-state index contributed by atoms with van der Waals surface area (Å²) in [5.41, 5.74) is -0.334. The summed E-state index contributed by atoms with van der Waals surface area (Å²) in [6.07, 6.45) is -3.09. The normalized spacial score (nSPS) is 11.5. The van der Waals surface area contributed by atoms with Gasteiger partial charge in [0.05, 0.1) is 18.5 Å². The van der Waals surface area contributed by atoms with Gasteiger partial charge in [-0.2, -0.15) is 18.3 Å². The van der Waals surface area contributed by atoms with E-state index in [1.165, 1.54) is 6.20 Å². The molecule has 9 heteroatoms. The molecule has 0 aromatic carbocycles. The molecular formula is C8H9ClF3N3O2. The average molecular weight is 272 g/mol. The Bertz CT molecular complexity index is 421. The second-order valence-corrected chi connectivity index (χ2v) is 3.40. The van der Waals surface area contributed by atoms with Gasteiger partial charge in [0, 0.05) is 6.54 Å². The van der Waals surface area contributed by atoms with Crippen LogP contribution in [-0.4, -0.2) is 36.1 Å². The van der Waals surface area contributed by atoms with Crippen LogP contribution in [0.25, 0.3) is 0 Å². The minimum absolute atomic E-state index is 0.0843. The third kappa shape index (κ3) is 5.05. The summed E-state index contributed by atoms with van der Waals surface area (Å²) in [6.45, 7) is -1.39. The number of hydrogen-bond donors (Lipinski definition) is 2. The fraction of sp³-hybridized carbons (Fsp3) is 0.500. The van der Waals surface area contributed by atoms with Crippen LogP contribution < -0.4 is 10.9 Å². The highest BCUT2D eigenvalue weighted by atomic mass is 35.5. The van der Waals surface area contributed by atoms with E-state index in [2.05, 4.69) is 20.3 Å². The van der Waals surface area contributed by atoms with Crippen molar-refractivity contribution >= 4 is 17.3 Å². The van der Waals surface area contributed by atoms with Gasteiger partial charge in [-0.05, 0) is 0 Å². The quantitative estimate of drug-likeness (QED) is 0.795. The molecule has 1 aromatic heterocycles. The number of aromatic nitrogens is 2. The summed E-state index contributed by atoms with van der Waals surface area (Å²) in [5, 5.41) is 8.11. The van der Waals surface area contributed by atoms with E-state index in [9.17, 15) is 18.0 Å². The zero-order valence-electron chi connectivity index (χ0n) is 8.47. The van der Waals surface area contributed by atoms with Crippen molar-refractivity contribution in [2.24, 2.45) is 0 Å². The highest BCUT2D eigenvalue weighted by Crippen LogP contribution is 2.15. The second-order valence-electron chi connectivity index (χ2n) is 3.02. The Morgan fingerprint density at radius 2 is 2.24 bits per heavy atom. The van der Waals surface area contributed by atoms with Gasteiger partial charge in [-0.1, -0.05) is 11.6 Å². The molecule has 0 atom stereocenters. The van der Waals surface area contributed by atoms with Crippen molar-refractivity contribution in [2.75, 3.05) is 25.1 Å². The van der Waals surface area contributed by atoms with Crippen LogP contribution in [-0.2, 0) is 4.74 Å². The lowest BCUT2D eigenvalue weighted by Crippen LogP contribution is -2.20. The number of halogens is 4. The Hall–Kier alpha value is -1.28. The van der Waals surface area contributed by atoms with Gasteiger partial charge in [0.15, 0.2) is 0 Å². The number of nitrogens with one attached hydrogen (secondary N) is 2. The minimum Gasteiger partial charge on any atom is -0.380 e. The second kappa shape index (κ2) is 5.87. The van der Waals surface area contributed by atoms with Crippen molar-refractivity contribution in [1.82, 2.24) is 10.2 Å². The summed E-state index contributed by atoms with van der Waals surface area (Å²) in [7, 11) is 0. The molecule has 0 fully saturated rings. The number of hydrogen-bond acceptors (Lipinski definition) is 4. The van der Waals surface area contributed by atoms with Gasteiger partial charge in [-0.3, -0.25) is 4.79 Å². The first-order valence-electron chi connectivity index (χ1n) is 4.51. The number of ether oxygens (including phenoxy) is 1. The highest BCUT2D eigenvalue weighted by Gasteiger charge is 2.27. The molecule has 2 N–H and O–H groups in total. The summed E-state index contributed by atoms with van der Waals surface area (Å²) in [6, 6.07) is 0. The molecule has 0 bridgehead atoms. The summed E-state index contributed by atoms with van der Waals surface area (Å²) >= 11 is 5.61. The molecule has 0 saturated carbocycles. The lowest BCUT2D eigenvalue weighted by atomic mass is 10.4. The van der Waals surface area contributed by atoms with E-state index < -0.39 is 18.3 Å². The maximum absolute atomic E-state index is 11.7. The fourth-order valence-electron chi connectivity index (χ4n) is 0.953. The maximum Gasteiger partial charge on any atom is 0.411 e. The monoisotopic (exact) mass is 271 g/mol. The molecule has 1 rings (SSSR count). The molecule has 0 aliphatic carbocycles. The standard InChI is InChI=1S/C8H9ClF3N3O2/c9-6-5(3-14-15-7(6)16)13-1-2-17-4-8(10,11)12/h3H,1-2,4H2,(H2,13,15,16). The Kier molecular flexibility index (Phi) is 4.76. The Morgan fingerprint density at radius 1 is 1.53 bits per heavy atom. The number of rotatable bonds is 5. The lowest BCUT2D eigenvalue weighted by molar-refractivity contribution is -0.172. The zero-order chi connectivity index (χ0) is 12.9. The van der Waals surface area contributed by atoms with Gasteiger partial charge in [-0.25, -0.2) is 5.10 Å². The van der Waals surface area contributed by atoms with E-state index in [1.807, 2.05) is 0 Å². The summed E-state index contributed by atoms with van der Waals surface area (Å²) in [5.74, 6) is 0. The SMILES string of the molecule is O=c1[nH]ncc(NCCOCC(F)(F)F)c1Cl. The van der Waals surface area contributed by atoms with Gasteiger partial charge in [0.25, 0.3) is 5.56 Å². The van der Waals surface area contributed by atoms with E-state index in [1.54, 1.807) is 0 Å². The molecule has 0 radical (unpaired) electrons. The number of alkyl halides is 3. The molecule has 5 nitrogen and oxygen atoms in total. The smallest absolute Gasteiger partial charge is 0.380 e. The largest absolute Gasteiger partial charge is 0.411 e. The minimum atomic E-state index is -4.34. The van der Waals surface area contributed by atoms with E-state index >= 15 is 0 Å². The fourth-order valence-corrected chi connectivity index (χ4v) is 1.11. The number of anilines is 1.